The maximum Gasteiger partial charge on any atom is 0.411 e. The number of nitrogens with zero attached hydrogens (tertiary/aromatic N) is 1. The summed E-state index contributed by atoms with van der Waals surface area (Å²) in [5, 5.41) is 0. The summed E-state index contributed by atoms with van der Waals surface area (Å²) >= 11 is 0. The first-order valence-corrected chi connectivity index (χ1v) is 5.75. The average molecular weight is 264 g/mol. The van der Waals surface area contributed by atoms with Crippen molar-refractivity contribution in [3.8, 4) is 0 Å². The van der Waals surface area contributed by atoms with E-state index in [9.17, 15) is 14.0 Å². The molecule has 1 aliphatic rings. The number of rotatable bonds is 2. The monoisotopic (exact) mass is 264 g/mol. The molecular formula is C13H13FN2O3. The molecule has 0 spiro atoms. The number of halogens is 1. The molecule has 2 atom stereocenters. The van der Waals surface area contributed by atoms with Crippen LogP contribution in [-0.2, 0) is 16.1 Å². The second kappa shape index (κ2) is 5.65. The molecule has 1 heterocycles. The minimum Gasteiger partial charge on any atom is -0.444 e. The number of benzene rings is 1. The van der Waals surface area contributed by atoms with E-state index in [1.54, 1.807) is 12.1 Å². The van der Waals surface area contributed by atoms with Gasteiger partial charge in [0.15, 0.2) is 6.17 Å². The fourth-order valence-electron chi connectivity index (χ4n) is 1.85. The number of nitrogens with two attached hydrogens (primary N) is 1. The molecule has 0 radical (unpaired) electrons. The Kier molecular flexibility index (Phi) is 3.94. The topological polar surface area (TPSA) is 72.6 Å². The lowest BCUT2D eigenvalue weighted by atomic mass is 10.2. The number of likely N-dealkylation sites (tertiary alicyclic amines) is 1. The van der Waals surface area contributed by atoms with Crippen LogP contribution in [0.4, 0.5) is 9.18 Å². The lowest BCUT2D eigenvalue weighted by Crippen LogP contribution is -2.42. The van der Waals surface area contributed by atoms with Gasteiger partial charge in [0.25, 0.3) is 0 Å². The van der Waals surface area contributed by atoms with Gasteiger partial charge in [-0.05, 0) is 5.56 Å². The Morgan fingerprint density at radius 1 is 1.47 bits per heavy atom. The van der Waals surface area contributed by atoms with Crippen molar-refractivity contribution in [3.05, 3.63) is 41.5 Å². The summed E-state index contributed by atoms with van der Waals surface area (Å²) in [7, 11) is 0. The van der Waals surface area contributed by atoms with E-state index in [4.69, 9.17) is 10.5 Å². The number of carbonyl (C=O) groups excluding carboxylic acids is 2. The predicted octanol–water partition coefficient (Wildman–Crippen LogP) is 1.02. The minimum absolute atomic E-state index is 0.0694. The molecule has 0 aliphatic carbocycles. The van der Waals surface area contributed by atoms with Gasteiger partial charge in [0.05, 0.1) is 12.1 Å². The highest BCUT2D eigenvalue weighted by Gasteiger charge is 2.39. The van der Waals surface area contributed by atoms with E-state index in [-0.39, 0.29) is 18.7 Å². The van der Waals surface area contributed by atoms with Gasteiger partial charge in [-0.15, -0.1) is 0 Å². The molecule has 5 nitrogen and oxygen atoms in total. The average Bonchev–Trinajstić information content (AvgIpc) is 2.72. The Balaban J connectivity index is 1.96. The van der Waals surface area contributed by atoms with Crippen LogP contribution < -0.4 is 5.73 Å². The molecule has 1 fully saturated rings. The van der Waals surface area contributed by atoms with Gasteiger partial charge >= 0.3 is 6.09 Å². The van der Waals surface area contributed by atoms with Crippen LogP contribution in [0.3, 0.4) is 0 Å². The van der Waals surface area contributed by atoms with Gasteiger partial charge in [-0.2, -0.15) is 0 Å². The fourth-order valence-corrected chi connectivity index (χ4v) is 1.85. The zero-order chi connectivity index (χ0) is 13.8. The first kappa shape index (κ1) is 13.3. The molecule has 2 unspecified atom stereocenters. The zero-order valence-electron chi connectivity index (χ0n) is 10.1. The summed E-state index contributed by atoms with van der Waals surface area (Å²) in [4.78, 5) is 23.2. The summed E-state index contributed by atoms with van der Waals surface area (Å²) in [5.74, 6) is 1.44. The molecule has 0 saturated carbocycles. The summed E-state index contributed by atoms with van der Waals surface area (Å²) < 4.78 is 18.4. The summed E-state index contributed by atoms with van der Waals surface area (Å²) in [5.41, 5.74) is 6.14. The van der Waals surface area contributed by atoms with Crippen molar-refractivity contribution < 1.29 is 18.7 Å². The Hall–Kier alpha value is -2.17. The molecule has 2 N–H and O–H groups in total. The number of carbonyl (C=O) groups is 1. The van der Waals surface area contributed by atoms with Crippen LogP contribution in [0, 0.1) is 0 Å². The van der Waals surface area contributed by atoms with Gasteiger partial charge in [-0.3, -0.25) is 4.90 Å². The number of hydrogen-bond donors (Lipinski definition) is 1. The third kappa shape index (κ3) is 2.81. The normalized spacial score (nSPS) is 22.2. The van der Waals surface area contributed by atoms with Crippen LogP contribution >= 0.6 is 0 Å². The van der Waals surface area contributed by atoms with Crippen molar-refractivity contribution in [1.82, 2.24) is 4.90 Å². The number of alkyl halides is 1. The van der Waals surface area contributed by atoms with Gasteiger partial charge in [0.1, 0.15) is 18.7 Å². The first-order valence-electron chi connectivity index (χ1n) is 5.75. The molecule has 1 aliphatic heterocycles. The van der Waals surface area contributed by atoms with Crippen LogP contribution in [0.25, 0.3) is 0 Å². The third-order valence-electron chi connectivity index (χ3n) is 2.91. The van der Waals surface area contributed by atoms with E-state index in [0.29, 0.717) is 0 Å². The van der Waals surface area contributed by atoms with E-state index in [1.807, 2.05) is 18.2 Å². The molecule has 0 bridgehead atoms. The van der Waals surface area contributed by atoms with E-state index >= 15 is 0 Å². The predicted molar refractivity (Wildman–Crippen MR) is 65.4 cm³/mol. The smallest absolute Gasteiger partial charge is 0.411 e. The molecule has 19 heavy (non-hydrogen) atoms. The molecule has 6 heteroatoms. The highest BCUT2D eigenvalue weighted by atomic mass is 19.1. The minimum atomic E-state index is -1.57. The van der Waals surface area contributed by atoms with E-state index in [0.717, 1.165) is 10.5 Å². The van der Waals surface area contributed by atoms with Gasteiger partial charge in [-0.25, -0.2) is 14.0 Å². The zero-order valence-corrected chi connectivity index (χ0v) is 10.1. The van der Waals surface area contributed by atoms with Crippen LogP contribution in [0.5, 0.6) is 0 Å². The highest BCUT2D eigenvalue weighted by Crippen LogP contribution is 2.22. The van der Waals surface area contributed by atoms with E-state index < -0.39 is 18.4 Å². The van der Waals surface area contributed by atoms with Crippen LogP contribution in [0.15, 0.2) is 35.9 Å². The van der Waals surface area contributed by atoms with Crippen LogP contribution in [-0.4, -0.2) is 35.8 Å². The van der Waals surface area contributed by atoms with Crippen LogP contribution in [0.2, 0.25) is 0 Å². The third-order valence-corrected chi connectivity index (χ3v) is 2.91. The maximum absolute atomic E-state index is 13.4. The Bertz CT molecular complexity index is 514. The highest BCUT2D eigenvalue weighted by molar-refractivity contribution is 5.72. The number of ether oxygens (including phenoxy) is 1. The standard InChI is InChI=1S/C13H13FN2O3/c14-11-6-16(12(15)10(11)7-17)13(18)19-8-9-4-2-1-3-5-9/h1-5,11-12H,6,8,15H2. The quantitative estimate of drug-likeness (QED) is 0.809. The molecule has 2 rings (SSSR count). The Morgan fingerprint density at radius 3 is 2.74 bits per heavy atom. The lowest BCUT2D eigenvalue weighted by Gasteiger charge is -2.19. The second-order valence-corrected chi connectivity index (χ2v) is 4.16. The van der Waals surface area contributed by atoms with E-state index in [1.165, 1.54) is 5.94 Å². The van der Waals surface area contributed by atoms with Crippen molar-refractivity contribution in [2.45, 2.75) is 18.9 Å². The molecule has 1 aromatic carbocycles. The molecule has 1 amide bonds. The molecule has 1 saturated heterocycles. The summed E-state index contributed by atoms with van der Waals surface area (Å²) in [6.07, 6.45) is -3.42. The molecule has 0 aromatic heterocycles. The number of hydrogen-bond acceptors (Lipinski definition) is 4. The second-order valence-electron chi connectivity index (χ2n) is 4.16. The molecule has 100 valence electrons. The van der Waals surface area contributed by atoms with Crippen molar-refractivity contribution >= 4 is 12.0 Å². The van der Waals surface area contributed by atoms with Crippen molar-refractivity contribution in [1.29, 1.82) is 0 Å². The first-order chi connectivity index (χ1) is 9.13. The molecule has 1 aromatic rings. The SMILES string of the molecule is NC1C(=C=O)C(F)CN1C(=O)OCc1ccccc1. The Morgan fingerprint density at radius 2 is 2.16 bits per heavy atom. The van der Waals surface area contributed by atoms with Gasteiger partial charge < -0.3 is 10.5 Å². The van der Waals surface area contributed by atoms with Gasteiger partial charge in [0.2, 0.25) is 0 Å². The maximum atomic E-state index is 13.4. The van der Waals surface area contributed by atoms with E-state index in [2.05, 4.69) is 0 Å². The summed E-state index contributed by atoms with van der Waals surface area (Å²) in [6, 6.07) is 9.07. The Labute approximate surface area is 109 Å². The number of amides is 1. The summed E-state index contributed by atoms with van der Waals surface area (Å²) in [6.45, 7) is -0.209. The molecular weight excluding hydrogens is 251 g/mol. The lowest BCUT2D eigenvalue weighted by molar-refractivity contribution is 0.0925. The fraction of sp³-hybridized carbons (Fsp3) is 0.308. The van der Waals surface area contributed by atoms with Crippen molar-refractivity contribution in [2.75, 3.05) is 6.54 Å². The van der Waals surface area contributed by atoms with Crippen LogP contribution in [0.1, 0.15) is 5.56 Å². The van der Waals surface area contributed by atoms with Gasteiger partial charge in [0, 0.05) is 0 Å². The van der Waals surface area contributed by atoms with Crippen molar-refractivity contribution in [3.63, 3.8) is 0 Å². The largest absolute Gasteiger partial charge is 0.444 e. The van der Waals surface area contributed by atoms with Crippen molar-refractivity contribution in [2.24, 2.45) is 5.73 Å². The van der Waals surface area contributed by atoms with Gasteiger partial charge in [-0.1, -0.05) is 30.3 Å².